The number of halogens is 1. The number of hydrogen-bond donors (Lipinski definition) is 3. The van der Waals surface area contributed by atoms with Gasteiger partial charge < -0.3 is 15.7 Å². The van der Waals surface area contributed by atoms with Crippen LogP contribution in [0.4, 0.5) is 5.69 Å². The maximum Gasteiger partial charge on any atom is 0.322 e. The summed E-state index contributed by atoms with van der Waals surface area (Å²) in [5.41, 5.74) is 1.89. The highest BCUT2D eigenvalue weighted by Gasteiger charge is 2.14. The van der Waals surface area contributed by atoms with Gasteiger partial charge in [-0.25, -0.2) is 0 Å². The molecule has 0 amide bonds. The van der Waals surface area contributed by atoms with Crippen LogP contribution in [-0.4, -0.2) is 30.7 Å². The van der Waals surface area contributed by atoms with Crippen molar-refractivity contribution < 1.29 is 9.90 Å². The minimum atomic E-state index is -0.880. The summed E-state index contributed by atoms with van der Waals surface area (Å²) in [6, 6.07) is 4.86. The van der Waals surface area contributed by atoms with Crippen molar-refractivity contribution in [3.63, 3.8) is 0 Å². The lowest BCUT2D eigenvalue weighted by Gasteiger charge is -2.14. The Labute approximate surface area is 99.6 Å². The Morgan fingerprint density at radius 3 is 2.81 bits per heavy atom. The topological polar surface area (TPSA) is 61.4 Å². The van der Waals surface area contributed by atoms with E-state index in [-0.39, 0.29) is 0 Å². The molecule has 88 valence electrons. The van der Waals surface area contributed by atoms with Gasteiger partial charge >= 0.3 is 5.97 Å². The third kappa shape index (κ3) is 3.40. The molecule has 1 aromatic rings. The van der Waals surface area contributed by atoms with E-state index in [9.17, 15) is 4.79 Å². The number of likely N-dealkylation sites (N-methyl/N-ethyl adjacent to an activating group) is 1. The minimum Gasteiger partial charge on any atom is -0.480 e. The van der Waals surface area contributed by atoms with Crippen LogP contribution in [0.2, 0.25) is 5.02 Å². The maximum atomic E-state index is 10.8. The van der Waals surface area contributed by atoms with Crippen LogP contribution in [0, 0.1) is 6.92 Å². The van der Waals surface area contributed by atoms with Crippen molar-refractivity contribution in [1.82, 2.24) is 5.32 Å². The molecule has 0 aliphatic rings. The molecule has 0 saturated heterocycles. The Morgan fingerprint density at radius 1 is 1.56 bits per heavy atom. The van der Waals surface area contributed by atoms with Gasteiger partial charge in [-0.15, -0.1) is 0 Å². The van der Waals surface area contributed by atoms with Gasteiger partial charge in [-0.3, -0.25) is 4.79 Å². The van der Waals surface area contributed by atoms with Gasteiger partial charge in [0, 0.05) is 17.3 Å². The van der Waals surface area contributed by atoms with Crippen LogP contribution in [0.1, 0.15) is 5.56 Å². The second-order valence-electron chi connectivity index (χ2n) is 3.52. The smallest absolute Gasteiger partial charge is 0.322 e. The summed E-state index contributed by atoms with van der Waals surface area (Å²) >= 11 is 5.86. The Hall–Kier alpha value is -1.26. The number of rotatable bonds is 5. The standard InChI is InChI=1S/C11H15ClN2O2/c1-7-3-4-8(12)5-9(7)14-6-10(13-2)11(15)16/h3-5,10,13-14H,6H2,1-2H3,(H,15,16). The highest BCUT2D eigenvalue weighted by Crippen LogP contribution is 2.19. The molecule has 0 aliphatic carbocycles. The summed E-state index contributed by atoms with van der Waals surface area (Å²) in [7, 11) is 1.62. The van der Waals surface area contributed by atoms with Gasteiger partial charge in [0.2, 0.25) is 0 Å². The van der Waals surface area contributed by atoms with Gasteiger partial charge in [0.15, 0.2) is 0 Å². The van der Waals surface area contributed by atoms with Crippen LogP contribution < -0.4 is 10.6 Å². The molecular weight excluding hydrogens is 228 g/mol. The van der Waals surface area contributed by atoms with Crippen molar-refractivity contribution in [3.05, 3.63) is 28.8 Å². The number of carboxylic acid groups (broad SMARTS) is 1. The summed E-state index contributed by atoms with van der Waals surface area (Å²) in [6.07, 6.45) is 0. The second kappa shape index (κ2) is 5.72. The van der Waals surface area contributed by atoms with E-state index in [1.54, 1.807) is 19.2 Å². The Balaban J connectivity index is 2.66. The van der Waals surface area contributed by atoms with E-state index in [4.69, 9.17) is 16.7 Å². The molecule has 0 saturated carbocycles. The number of anilines is 1. The van der Waals surface area contributed by atoms with Crippen LogP contribution >= 0.6 is 11.6 Å². The van der Waals surface area contributed by atoms with E-state index in [2.05, 4.69) is 10.6 Å². The summed E-state index contributed by atoms with van der Waals surface area (Å²) in [5.74, 6) is -0.880. The first-order chi connectivity index (χ1) is 7.54. The van der Waals surface area contributed by atoms with E-state index in [1.807, 2.05) is 13.0 Å². The molecule has 0 fully saturated rings. The van der Waals surface area contributed by atoms with E-state index in [1.165, 1.54) is 0 Å². The number of nitrogens with one attached hydrogen (secondary N) is 2. The van der Waals surface area contributed by atoms with Crippen molar-refractivity contribution in [2.24, 2.45) is 0 Å². The first-order valence-corrected chi connectivity index (χ1v) is 5.32. The molecule has 0 bridgehead atoms. The van der Waals surface area contributed by atoms with Crippen LogP contribution in [0.25, 0.3) is 0 Å². The van der Waals surface area contributed by atoms with Crippen LogP contribution in [0.5, 0.6) is 0 Å². The van der Waals surface area contributed by atoms with Gasteiger partial charge in [-0.2, -0.15) is 0 Å². The Morgan fingerprint density at radius 2 is 2.25 bits per heavy atom. The number of carbonyl (C=O) groups is 1. The molecule has 16 heavy (non-hydrogen) atoms. The number of benzene rings is 1. The van der Waals surface area contributed by atoms with E-state index >= 15 is 0 Å². The molecule has 0 aliphatic heterocycles. The zero-order valence-corrected chi connectivity index (χ0v) is 10.0. The summed E-state index contributed by atoms with van der Waals surface area (Å²) in [4.78, 5) is 10.8. The molecule has 0 heterocycles. The molecule has 0 aromatic heterocycles. The zero-order chi connectivity index (χ0) is 12.1. The number of aryl methyl sites for hydroxylation is 1. The zero-order valence-electron chi connectivity index (χ0n) is 9.25. The van der Waals surface area contributed by atoms with Gasteiger partial charge in [-0.05, 0) is 31.7 Å². The number of carboxylic acids is 1. The molecule has 1 unspecified atom stereocenters. The molecule has 0 spiro atoms. The van der Waals surface area contributed by atoms with Crippen LogP contribution in [0.3, 0.4) is 0 Å². The fraction of sp³-hybridized carbons (Fsp3) is 0.364. The fourth-order valence-electron chi connectivity index (χ4n) is 1.31. The Bertz CT molecular complexity index is 382. The summed E-state index contributed by atoms with van der Waals surface area (Å²) in [5, 5.41) is 15.2. The predicted molar refractivity (Wildman–Crippen MR) is 65.2 cm³/mol. The normalized spacial score (nSPS) is 12.2. The van der Waals surface area contributed by atoms with Crippen LogP contribution in [0.15, 0.2) is 18.2 Å². The molecule has 3 N–H and O–H groups in total. The van der Waals surface area contributed by atoms with Gasteiger partial charge in [0.1, 0.15) is 6.04 Å². The monoisotopic (exact) mass is 242 g/mol. The molecule has 5 heteroatoms. The van der Waals surface area contributed by atoms with Crippen molar-refractivity contribution in [3.8, 4) is 0 Å². The molecule has 1 aromatic carbocycles. The average Bonchev–Trinajstić information content (AvgIpc) is 2.23. The van der Waals surface area contributed by atoms with E-state index in [0.717, 1.165) is 11.3 Å². The van der Waals surface area contributed by atoms with Gasteiger partial charge in [0.05, 0.1) is 0 Å². The number of aliphatic carboxylic acids is 1. The second-order valence-corrected chi connectivity index (χ2v) is 3.96. The average molecular weight is 243 g/mol. The first kappa shape index (κ1) is 12.8. The molecular formula is C11H15ClN2O2. The molecule has 0 radical (unpaired) electrons. The third-order valence-electron chi connectivity index (χ3n) is 2.34. The lowest BCUT2D eigenvalue weighted by atomic mass is 10.2. The van der Waals surface area contributed by atoms with Gasteiger partial charge in [-0.1, -0.05) is 17.7 Å². The Kier molecular flexibility index (Phi) is 4.58. The lowest BCUT2D eigenvalue weighted by Crippen LogP contribution is -2.39. The SMILES string of the molecule is CNC(CNc1cc(Cl)ccc1C)C(=O)O. The predicted octanol–water partition coefficient (Wildman–Crippen LogP) is 1.73. The maximum absolute atomic E-state index is 10.8. The van der Waals surface area contributed by atoms with Crippen molar-refractivity contribution in [1.29, 1.82) is 0 Å². The summed E-state index contributed by atoms with van der Waals surface area (Å²) < 4.78 is 0. The van der Waals surface area contributed by atoms with E-state index < -0.39 is 12.0 Å². The molecule has 1 rings (SSSR count). The summed E-state index contributed by atoms with van der Waals surface area (Å²) in [6.45, 7) is 2.25. The van der Waals surface area contributed by atoms with Crippen molar-refractivity contribution >= 4 is 23.3 Å². The highest BCUT2D eigenvalue weighted by molar-refractivity contribution is 6.30. The quantitative estimate of drug-likeness (QED) is 0.736. The minimum absolute atomic E-state index is 0.313. The molecule has 1 atom stereocenters. The van der Waals surface area contributed by atoms with Crippen LogP contribution in [-0.2, 0) is 4.79 Å². The third-order valence-corrected chi connectivity index (χ3v) is 2.58. The van der Waals surface area contributed by atoms with Gasteiger partial charge in [0.25, 0.3) is 0 Å². The fourth-order valence-corrected chi connectivity index (χ4v) is 1.48. The lowest BCUT2D eigenvalue weighted by molar-refractivity contribution is -0.138. The largest absolute Gasteiger partial charge is 0.480 e. The van der Waals surface area contributed by atoms with Crippen molar-refractivity contribution in [2.45, 2.75) is 13.0 Å². The van der Waals surface area contributed by atoms with Crippen molar-refractivity contribution in [2.75, 3.05) is 18.9 Å². The first-order valence-electron chi connectivity index (χ1n) is 4.94. The number of hydrogen-bond acceptors (Lipinski definition) is 3. The van der Waals surface area contributed by atoms with E-state index in [0.29, 0.717) is 11.6 Å². The molecule has 4 nitrogen and oxygen atoms in total. The highest BCUT2D eigenvalue weighted by atomic mass is 35.5.